The first-order valence-corrected chi connectivity index (χ1v) is 6.66. The van der Waals surface area contributed by atoms with Gasteiger partial charge in [0.25, 0.3) is 0 Å². The zero-order valence-corrected chi connectivity index (χ0v) is 13.1. The fourth-order valence-electron chi connectivity index (χ4n) is 1.82. The fraction of sp³-hybridized carbons (Fsp3) is 0.786. The maximum Gasteiger partial charge on any atom is 0.228 e. The molecule has 0 fully saturated rings. The van der Waals surface area contributed by atoms with Crippen LogP contribution in [0.3, 0.4) is 0 Å². The molecule has 0 radical (unpaired) electrons. The van der Waals surface area contributed by atoms with Gasteiger partial charge in [-0.25, -0.2) is 0 Å². The largest absolute Gasteiger partial charge is 0.391 e. The molecule has 0 aliphatic carbocycles. The van der Waals surface area contributed by atoms with Gasteiger partial charge in [0.15, 0.2) is 0 Å². The molecular formula is C14H26N2O4. The molecule has 0 saturated heterocycles. The summed E-state index contributed by atoms with van der Waals surface area (Å²) in [4.78, 5) is 34.0. The maximum absolute atomic E-state index is 12.3. The van der Waals surface area contributed by atoms with Crippen LogP contribution in [0, 0.1) is 11.3 Å². The first kappa shape index (κ1) is 18.6. The minimum Gasteiger partial charge on any atom is -0.391 e. The summed E-state index contributed by atoms with van der Waals surface area (Å²) in [5.41, 5.74) is -2.06. The standard InChI is InChI=1S/C14H26N2O4/c1-9(2)10(19)11(15-8-18)14(5,6)12(20)16-13(3,4)7-17/h7-11,19H,1-6H3,(H,15,18)(H,16,20). The third-order valence-electron chi connectivity index (χ3n) is 3.37. The summed E-state index contributed by atoms with van der Waals surface area (Å²) >= 11 is 0. The Balaban J connectivity index is 5.26. The highest BCUT2D eigenvalue weighted by Crippen LogP contribution is 2.27. The molecule has 0 aliphatic rings. The number of hydrogen-bond acceptors (Lipinski definition) is 4. The zero-order chi connectivity index (χ0) is 16.1. The van der Waals surface area contributed by atoms with Crippen LogP contribution in [0.15, 0.2) is 0 Å². The van der Waals surface area contributed by atoms with E-state index >= 15 is 0 Å². The third-order valence-corrected chi connectivity index (χ3v) is 3.37. The number of carbonyl (C=O) groups excluding carboxylic acids is 3. The second-order valence-corrected chi connectivity index (χ2v) is 6.51. The predicted octanol–water partition coefficient (Wildman–Crippen LogP) is 0.238. The van der Waals surface area contributed by atoms with Gasteiger partial charge in [-0.1, -0.05) is 13.8 Å². The molecule has 0 aromatic carbocycles. The van der Waals surface area contributed by atoms with E-state index in [9.17, 15) is 19.5 Å². The SMILES string of the molecule is CC(C)C(O)C(NC=O)C(C)(C)C(=O)NC(C)(C)C=O. The Hall–Kier alpha value is -1.43. The van der Waals surface area contributed by atoms with Crippen molar-refractivity contribution in [2.24, 2.45) is 11.3 Å². The van der Waals surface area contributed by atoms with Crippen LogP contribution in [0.25, 0.3) is 0 Å². The molecule has 0 rings (SSSR count). The van der Waals surface area contributed by atoms with Gasteiger partial charge in [0, 0.05) is 0 Å². The summed E-state index contributed by atoms with van der Waals surface area (Å²) in [6.07, 6.45) is 0.235. The number of hydrogen-bond donors (Lipinski definition) is 3. The lowest BCUT2D eigenvalue weighted by Crippen LogP contribution is -2.60. The van der Waals surface area contributed by atoms with Crippen LogP contribution < -0.4 is 10.6 Å². The molecule has 6 nitrogen and oxygen atoms in total. The van der Waals surface area contributed by atoms with Crippen molar-refractivity contribution in [2.45, 2.75) is 59.2 Å². The van der Waals surface area contributed by atoms with Crippen molar-refractivity contribution in [3.63, 3.8) is 0 Å². The summed E-state index contributed by atoms with van der Waals surface area (Å²) in [6, 6.07) is -0.748. The van der Waals surface area contributed by atoms with Crippen LogP contribution in [-0.4, -0.2) is 41.4 Å². The molecule has 3 N–H and O–H groups in total. The molecule has 116 valence electrons. The molecular weight excluding hydrogens is 260 g/mol. The van der Waals surface area contributed by atoms with Crippen LogP contribution in [0.2, 0.25) is 0 Å². The molecule has 2 amide bonds. The molecule has 0 heterocycles. The molecule has 0 aromatic rings. The van der Waals surface area contributed by atoms with Gasteiger partial charge in [-0.15, -0.1) is 0 Å². The topological polar surface area (TPSA) is 95.5 Å². The van der Waals surface area contributed by atoms with Gasteiger partial charge in [-0.2, -0.15) is 0 Å². The Kier molecular flexibility index (Phi) is 6.34. The average Bonchev–Trinajstić information content (AvgIpc) is 2.34. The minimum atomic E-state index is -1.06. The van der Waals surface area contributed by atoms with Crippen molar-refractivity contribution in [1.29, 1.82) is 0 Å². The highest BCUT2D eigenvalue weighted by atomic mass is 16.3. The molecule has 0 bridgehead atoms. The van der Waals surface area contributed by atoms with E-state index in [-0.39, 0.29) is 5.92 Å². The fourth-order valence-corrected chi connectivity index (χ4v) is 1.82. The van der Waals surface area contributed by atoms with Crippen molar-refractivity contribution in [3.05, 3.63) is 0 Å². The normalized spacial score (nSPS) is 15.4. The summed E-state index contributed by atoms with van der Waals surface area (Å²) < 4.78 is 0. The molecule has 0 aromatic heterocycles. The highest BCUT2D eigenvalue weighted by Gasteiger charge is 2.43. The Labute approximate surface area is 120 Å². The monoisotopic (exact) mass is 286 g/mol. The Morgan fingerprint density at radius 2 is 1.65 bits per heavy atom. The van der Waals surface area contributed by atoms with Gasteiger partial charge in [-0.3, -0.25) is 9.59 Å². The number of aldehydes is 1. The van der Waals surface area contributed by atoms with Crippen LogP contribution in [0.1, 0.15) is 41.5 Å². The number of nitrogens with one attached hydrogen (secondary N) is 2. The van der Waals surface area contributed by atoms with Crippen LogP contribution in [0.4, 0.5) is 0 Å². The van der Waals surface area contributed by atoms with Crippen molar-refractivity contribution in [1.82, 2.24) is 10.6 Å². The van der Waals surface area contributed by atoms with Crippen LogP contribution in [0.5, 0.6) is 0 Å². The van der Waals surface area contributed by atoms with Gasteiger partial charge in [0.1, 0.15) is 6.29 Å². The first-order valence-electron chi connectivity index (χ1n) is 6.66. The molecule has 2 unspecified atom stereocenters. The maximum atomic E-state index is 12.3. The number of carbonyl (C=O) groups is 3. The molecule has 0 aliphatic heterocycles. The molecule has 20 heavy (non-hydrogen) atoms. The minimum absolute atomic E-state index is 0.126. The quantitative estimate of drug-likeness (QED) is 0.557. The van der Waals surface area contributed by atoms with Gasteiger partial charge in [0.2, 0.25) is 12.3 Å². The second-order valence-electron chi connectivity index (χ2n) is 6.51. The molecule has 2 atom stereocenters. The molecule has 0 saturated carbocycles. The van der Waals surface area contributed by atoms with Crippen LogP contribution in [-0.2, 0) is 14.4 Å². The lowest BCUT2D eigenvalue weighted by Gasteiger charge is -2.38. The number of amides is 2. The predicted molar refractivity (Wildman–Crippen MR) is 75.9 cm³/mol. The van der Waals surface area contributed by atoms with Gasteiger partial charge >= 0.3 is 0 Å². The van der Waals surface area contributed by atoms with E-state index in [0.717, 1.165) is 0 Å². The van der Waals surface area contributed by atoms with Crippen molar-refractivity contribution >= 4 is 18.6 Å². The number of aliphatic hydroxyl groups excluding tert-OH is 1. The Bertz CT molecular complexity index is 364. The van der Waals surface area contributed by atoms with Gasteiger partial charge in [0.05, 0.1) is 23.1 Å². The van der Waals surface area contributed by atoms with E-state index in [1.807, 2.05) is 0 Å². The summed E-state index contributed by atoms with van der Waals surface area (Å²) in [7, 11) is 0. The third kappa shape index (κ3) is 4.59. The zero-order valence-electron chi connectivity index (χ0n) is 13.1. The lowest BCUT2D eigenvalue weighted by molar-refractivity contribution is -0.137. The number of rotatable bonds is 8. The van der Waals surface area contributed by atoms with Gasteiger partial charge in [-0.05, 0) is 33.6 Å². The van der Waals surface area contributed by atoms with Gasteiger partial charge < -0.3 is 20.5 Å². The van der Waals surface area contributed by atoms with E-state index < -0.39 is 29.0 Å². The smallest absolute Gasteiger partial charge is 0.228 e. The van der Waals surface area contributed by atoms with Crippen molar-refractivity contribution in [2.75, 3.05) is 0 Å². The first-order chi connectivity index (χ1) is 8.99. The number of aliphatic hydroxyl groups is 1. The van der Waals surface area contributed by atoms with E-state index in [1.165, 1.54) is 0 Å². The molecule has 0 spiro atoms. The van der Waals surface area contributed by atoms with Crippen molar-refractivity contribution < 1.29 is 19.5 Å². The highest BCUT2D eigenvalue weighted by molar-refractivity contribution is 5.86. The summed E-state index contributed by atoms with van der Waals surface area (Å²) in [5.74, 6) is -0.535. The van der Waals surface area contributed by atoms with Crippen molar-refractivity contribution in [3.8, 4) is 0 Å². The Morgan fingerprint density at radius 1 is 1.15 bits per heavy atom. The van der Waals surface area contributed by atoms with E-state index in [4.69, 9.17) is 0 Å². The lowest BCUT2D eigenvalue weighted by atomic mass is 9.77. The van der Waals surface area contributed by atoms with E-state index in [1.54, 1.807) is 41.5 Å². The second kappa shape index (κ2) is 6.83. The Morgan fingerprint density at radius 3 is 2.00 bits per heavy atom. The summed E-state index contributed by atoms with van der Waals surface area (Å²) in [6.45, 7) is 10.00. The molecule has 6 heteroatoms. The average molecular weight is 286 g/mol. The van der Waals surface area contributed by atoms with E-state index in [0.29, 0.717) is 12.7 Å². The summed E-state index contributed by atoms with van der Waals surface area (Å²) in [5, 5.41) is 15.3. The van der Waals surface area contributed by atoms with E-state index in [2.05, 4.69) is 10.6 Å². The van der Waals surface area contributed by atoms with Crippen LogP contribution >= 0.6 is 0 Å².